The van der Waals surface area contributed by atoms with Crippen molar-refractivity contribution in [3.8, 4) is 0 Å². The van der Waals surface area contributed by atoms with E-state index in [0.717, 1.165) is 0 Å². The maximum atomic E-state index is 11.5. The molecule has 0 heterocycles. The number of amides is 2. The first kappa shape index (κ1) is 14.9. The van der Waals surface area contributed by atoms with E-state index >= 15 is 0 Å². The predicted octanol–water partition coefficient (Wildman–Crippen LogP) is 0.00220. The van der Waals surface area contributed by atoms with Crippen LogP contribution in [0.1, 0.15) is 34.6 Å². The quantitative estimate of drug-likeness (QED) is 0.634. The van der Waals surface area contributed by atoms with Gasteiger partial charge in [-0.25, -0.2) is 0 Å². The fourth-order valence-electron chi connectivity index (χ4n) is 0.815. The third-order valence-electron chi connectivity index (χ3n) is 1.83. The molecule has 0 rings (SSSR count). The normalized spacial score (nSPS) is 12.1. The first-order valence-electron chi connectivity index (χ1n) is 5.36. The van der Waals surface area contributed by atoms with E-state index in [1.807, 2.05) is 13.8 Å². The van der Waals surface area contributed by atoms with Crippen LogP contribution in [0.25, 0.3) is 0 Å². The monoisotopic (exact) mass is 229 g/mol. The molecule has 0 saturated carbocycles. The Kier molecular flexibility index (Phi) is 4.93. The Labute approximate surface area is 97.2 Å². The van der Waals surface area contributed by atoms with Gasteiger partial charge in [0.1, 0.15) is 0 Å². The second-order valence-corrected chi connectivity index (χ2v) is 5.70. The Hall–Kier alpha value is -1.10. The number of carbonyl (C=O) groups is 2. The van der Waals surface area contributed by atoms with Crippen molar-refractivity contribution in [1.29, 1.82) is 0 Å². The van der Waals surface area contributed by atoms with Gasteiger partial charge in [-0.2, -0.15) is 0 Å². The summed E-state index contributed by atoms with van der Waals surface area (Å²) < 4.78 is 0. The standard InChI is InChI=1S/C11H23N3O2/c1-10(2,3)9(16)13-6-8(15)14-7-11(4,5)12/h6-7,12H2,1-5H3,(H,13,16)(H,14,15). The van der Waals surface area contributed by atoms with Gasteiger partial charge in [-0.05, 0) is 13.8 Å². The van der Waals surface area contributed by atoms with Gasteiger partial charge in [-0.3, -0.25) is 9.59 Å². The Bertz CT molecular complexity index is 261. The van der Waals surface area contributed by atoms with Crippen molar-refractivity contribution in [2.45, 2.75) is 40.2 Å². The molecule has 0 aromatic carbocycles. The van der Waals surface area contributed by atoms with Crippen LogP contribution >= 0.6 is 0 Å². The maximum Gasteiger partial charge on any atom is 0.239 e. The zero-order chi connectivity index (χ0) is 13.0. The average molecular weight is 229 g/mol. The minimum Gasteiger partial charge on any atom is -0.353 e. The highest BCUT2D eigenvalue weighted by Gasteiger charge is 2.21. The van der Waals surface area contributed by atoms with Crippen molar-refractivity contribution in [3.63, 3.8) is 0 Å². The summed E-state index contributed by atoms with van der Waals surface area (Å²) in [5.41, 5.74) is 4.79. The highest BCUT2D eigenvalue weighted by Crippen LogP contribution is 2.11. The molecule has 5 heteroatoms. The molecular formula is C11H23N3O2. The third kappa shape index (κ3) is 7.23. The van der Waals surface area contributed by atoms with Crippen LogP contribution < -0.4 is 16.4 Å². The summed E-state index contributed by atoms with van der Waals surface area (Å²) in [6, 6.07) is 0. The summed E-state index contributed by atoms with van der Waals surface area (Å²) in [4.78, 5) is 22.8. The minimum atomic E-state index is -0.479. The molecule has 0 atom stereocenters. The zero-order valence-electron chi connectivity index (χ0n) is 10.8. The van der Waals surface area contributed by atoms with Gasteiger partial charge in [-0.1, -0.05) is 20.8 Å². The number of carbonyl (C=O) groups excluding carboxylic acids is 2. The largest absolute Gasteiger partial charge is 0.353 e. The lowest BCUT2D eigenvalue weighted by atomic mass is 9.96. The van der Waals surface area contributed by atoms with Crippen molar-refractivity contribution >= 4 is 11.8 Å². The van der Waals surface area contributed by atoms with E-state index in [9.17, 15) is 9.59 Å². The molecule has 16 heavy (non-hydrogen) atoms. The van der Waals surface area contributed by atoms with Gasteiger partial charge >= 0.3 is 0 Å². The first-order chi connectivity index (χ1) is 7.02. The molecule has 0 unspecified atom stereocenters. The van der Waals surface area contributed by atoms with Crippen LogP contribution in [0.2, 0.25) is 0 Å². The topological polar surface area (TPSA) is 84.2 Å². The molecule has 5 nitrogen and oxygen atoms in total. The molecule has 0 spiro atoms. The van der Waals surface area contributed by atoms with E-state index in [1.165, 1.54) is 0 Å². The van der Waals surface area contributed by atoms with Gasteiger partial charge in [0.15, 0.2) is 0 Å². The zero-order valence-corrected chi connectivity index (χ0v) is 10.8. The Balaban J connectivity index is 3.88. The molecule has 0 saturated heterocycles. The van der Waals surface area contributed by atoms with E-state index in [0.29, 0.717) is 6.54 Å². The van der Waals surface area contributed by atoms with Crippen LogP contribution in [0.3, 0.4) is 0 Å². The van der Waals surface area contributed by atoms with E-state index < -0.39 is 11.0 Å². The predicted molar refractivity (Wildman–Crippen MR) is 63.7 cm³/mol. The van der Waals surface area contributed by atoms with Crippen LogP contribution in [-0.4, -0.2) is 30.4 Å². The Morgan fingerprint density at radius 1 is 1.06 bits per heavy atom. The lowest BCUT2D eigenvalue weighted by molar-refractivity contribution is -0.131. The fourth-order valence-corrected chi connectivity index (χ4v) is 0.815. The number of nitrogens with two attached hydrogens (primary N) is 1. The molecule has 0 aliphatic rings. The van der Waals surface area contributed by atoms with Crippen molar-refractivity contribution in [2.75, 3.05) is 13.1 Å². The van der Waals surface area contributed by atoms with Gasteiger partial charge in [0.05, 0.1) is 6.54 Å². The fraction of sp³-hybridized carbons (Fsp3) is 0.818. The number of hydrogen-bond acceptors (Lipinski definition) is 3. The summed E-state index contributed by atoms with van der Waals surface area (Å²) in [6.45, 7) is 9.40. The van der Waals surface area contributed by atoms with Gasteiger partial charge < -0.3 is 16.4 Å². The molecule has 0 aliphatic carbocycles. The van der Waals surface area contributed by atoms with Crippen LogP contribution in [0, 0.1) is 5.41 Å². The molecular weight excluding hydrogens is 206 g/mol. The molecule has 0 aromatic heterocycles. The molecule has 4 N–H and O–H groups in total. The second kappa shape index (κ2) is 5.30. The van der Waals surface area contributed by atoms with Crippen LogP contribution in [0.5, 0.6) is 0 Å². The van der Waals surface area contributed by atoms with Gasteiger partial charge in [0.25, 0.3) is 0 Å². The molecule has 0 bridgehead atoms. The Morgan fingerprint density at radius 3 is 1.94 bits per heavy atom. The SMILES string of the molecule is CC(C)(N)CNC(=O)CNC(=O)C(C)(C)C. The van der Waals surface area contributed by atoms with E-state index in [4.69, 9.17) is 5.73 Å². The van der Waals surface area contributed by atoms with Crippen molar-refractivity contribution < 1.29 is 9.59 Å². The number of rotatable bonds is 4. The summed E-state index contributed by atoms with van der Waals surface area (Å²) in [6.07, 6.45) is 0. The van der Waals surface area contributed by atoms with Crippen molar-refractivity contribution in [3.05, 3.63) is 0 Å². The molecule has 0 fully saturated rings. The number of hydrogen-bond donors (Lipinski definition) is 3. The lowest BCUT2D eigenvalue weighted by Crippen LogP contribution is -2.48. The molecule has 0 aliphatic heterocycles. The lowest BCUT2D eigenvalue weighted by Gasteiger charge is -2.20. The Morgan fingerprint density at radius 2 is 1.56 bits per heavy atom. The van der Waals surface area contributed by atoms with Crippen LogP contribution in [-0.2, 0) is 9.59 Å². The van der Waals surface area contributed by atoms with Gasteiger partial charge in [0.2, 0.25) is 11.8 Å². The highest BCUT2D eigenvalue weighted by molar-refractivity contribution is 5.87. The number of nitrogens with one attached hydrogen (secondary N) is 2. The van der Waals surface area contributed by atoms with Gasteiger partial charge in [-0.15, -0.1) is 0 Å². The second-order valence-electron chi connectivity index (χ2n) is 5.70. The van der Waals surface area contributed by atoms with E-state index in [2.05, 4.69) is 10.6 Å². The van der Waals surface area contributed by atoms with Gasteiger partial charge in [0, 0.05) is 17.5 Å². The maximum absolute atomic E-state index is 11.5. The molecule has 0 aromatic rings. The summed E-state index contributed by atoms with van der Waals surface area (Å²) in [5, 5.41) is 5.22. The summed E-state index contributed by atoms with van der Waals surface area (Å²) in [7, 11) is 0. The van der Waals surface area contributed by atoms with Crippen molar-refractivity contribution in [1.82, 2.24) is 10.6 Å². The van der Waals surface area contributed by atoms with Crippen molar-refractivity contribution in [2.24, 2.45) is 11.1 Å². The van der Waals surface area contributed by atoms with Crippen LogP contribution in [0.4, 0.5) is 0 Å². The average Bonchev–Trinajstić information content (AvgIpc) is 2.08. The summed E-state index contributed by atoms with van der Waals surface area (Å²) >= 11 is 0. The third-order valence-corrected chi connectivity index (χ3v) is 1.83. The van der Waals surface area contributed by atoms with Crippen LogP contribution in [0.15, 0.2) is 0 Å². The van der Waals surface area contributed by atoms with E-state index in [1.54, 1.807) is 20.8 Å². The van der Waals surface area contributed by atoms with E-state index in [-0.39, 0.29) is 18.4 Å². The molecule has 0 radical (unpaired) electrons. The first-order valence-corrected chi connectivity index (χ1v) is 5.36. The minimum absolute atomic E-state index is 0.00775. The molecule has 94 valence electrons. The highest BCUT2D eigenvalue weighted by atomic mass is 16.2. The smallest absolute Gasteiger partial charge is 0.239 e. The molecule has 2 amide bonds. The summed E-state index contributed by atoms with van der Waals surface area (Å²) in [5.74, 6) is -0.370.